The standard InChI is InChI=1S/C13H25NO4/c1-11(2)18-9-3-6-14-7-4-13(10-15,5-8-14)12(16)17/h11,15H,3-10H2,1-2H3,(H,16,17). The summed E-state index contributed by atoms with van der Waals surface area (Å²) >= 11 is 0. The van der Waals surface area contributed by atoms with Gasteiger partial charge in [0.05, 0.1) is 18.1 Å². The molecular weight excluding hydrogens is 234 g/mol. The van der Waals surface area contributed by atoms with Crippen LogP contribution in [0, 0.1) is 5.41 Å². The van der Waals surface area contributed by atoms with E-state index in [1.165, 1.54) is 0 Å². The molecule has 18 heavy (non-hydrogen) atoms. The molecule has 0 bridgehead atoms. The smallest absolute Gasteiger partial charge is 0.312 e. The van der Waals surface area contributed by atoms with Crippen molar-refractivity contribution in [2.45, 2.75) is 39.2 Å². The minimum absolute atomic E-state index is 0.257. The van der Waals surface area contributed by atoms with E-state index in [-0.39, 0.29) is 12.7 Å². The van der Waals surface area contributed by atoms with Crippen LogP contribution in [0.1, 0.15) is 33.1 Å². The Hall–Kier alpha value is -0.650. The van der Waals surface area contributed by atoms with E-state index in [2.05, 4.69) is 4.90 Å². The van der Waals surface area contributed by atoms with Gasteiger partial charge >= 0.3 is 5.97 Å². The fourth-order valence-electron chi connectivity index (χ4n) is 2.25. The van der Waals surface area contributed by atoms with Gasteiger partial charge in [0.25, 0.3) is 0 Å². The zero-order valence-electron chi connectivity index (χ0n) is 11.4. The van der Waals surface area contributed by atoms with Crippen molar-refractivity contribution in [2.24, 2.45) is 5.41 Å². The molecule has 0 radical (unpaired) electrons. The number of piperidine rings is 1. The fourth-order valence-corrected chi connectivity index (χ4v) is 2.25. The average Bonchev–Trinajstić information content (AvgIpc) is 2.35. The van der Waals surface area contributed by atoms with Gasteiger partial charge in [0.2, 0.25) is 0 Å². The monoisotopic (exact) mass is 259 g/mol. The number of nitrogens with zero attached hydrogens (tertiary/aromatic N) is 1. The third kappa shape index (κ3) is 4.23. The summed E-state index contributed by atoms with van der Waals surface area (Å²) in [6.07, 6.45) is 2.30. The Morgan fingerprint density at radius 1 is 1.39 bits per heavy atom. The Bertz CT molecular complexity index is 260. The van der Waals surface area contributed by atoms with Crippen molar-refractivity contribution in [3.05, 3.63) is 0 Å². The van der Waals surface area contributed by atoms with Gasteiger partial charge in [0.1, 0.15) is 0 Å². The van der Waals surface area contributed by atoms with Crippen LogP contribution in [0.25, 0.3) is 0 Å². The molecule has 1 aliphatic rings. The van der Waals surface area contributed by atoms with Gasteiger partial charge in [-0.25, -0.2) is 0 Å². The molecule has 1 heterocycles. The molecule has 5 heteroatoms. The van der Waals surface area contributed by atoms with Crippen LogP contribution in [0.5, 0.6) is 0 Å². The minimum Gasteiger partial charge on any atom is -0.481 e. The second-order valence-electron chi connectivity index (χ2n) is 5.36. The number of aliphatic hydroxyl groups is 1. The molecule has 1 rings (SSSR count). The first-order valence-corrected chi connectivity index (χ1v) is 6.68. The van der Waals surface area contributed by atoms with Crippen LogP contribution in [0.3, 0.4) is 0 Å². The number of carboxylic acid groups (broad SMARTS) is 1. The molecule has 0 aliphatic carbocycles. The van der Waals surface area contributed by atoms with Crippen molar-refractivity contribution < 1.29 is 19.7 Å². The Labute approximate surface area is 109 Å². The number of carboxylic acids is 1. The quantitative estimate of drug-likeness (QED) is 0.666. The van der Waals surface area contributed by atoms with Crippen LogP contribution in [0.15, 0.2) is 0 Å². The zero-order valence-corrected chi connectivity index (χ0v) is 11.4. The van der Waals surface area contributed by atoms with Crippen molar-refractivity contribution >= 4 is 5.97 Å². The van der Waals surface area contributed by atoms with Crippen molar-refractivity contribution in [3.63, 3.8) is 0 Å². The predicted octanol–water partition coefficient (Wildman–Crippen LogP) is 0.961. The van der Waals surface area contributed by atoms with Crippen molar-refractivity contribution in [2.75, 3.05) is 32.8 Å². The first-order valence-electron chi connectivity index (χ1n) is 6.68. The first kappa shape index (κ1) is 15.4. The van der Waals surface area contributed by atoms with Crippen LogP contribution < -0.4 is 0 Å². The molecule has 0 aromatic carbocycles. The number of aliphatic carboxylic acids is 1. The van der Waals surface area contributed by atoms with E-state index in [9.17, 15) is 9.90 Å². The first-order chi connectivity index (χ1) is 8.50. The van der Waals surface area contributed by atoms with E-state index in [4.69, 9.17) is 9.84 Å². The zero-order chi connectivity index (χ0) is 13.6. The molecule has 0 aromatic heterocycles. The maximum absolute atomic E-state index is 11.2. The molecular formula is C13H25NO4. The van der Waals surface area contributed by atoms with Gasteiger partial charge in [-0.05, 0) is 46.2 Å². The highest BCUT2D eigenvalue weighted by atomic mass is 16.5. The van der Waals surface area contributed by atoms with Crippen molar-refractivity contribution in [1.29, 1.82) is 0 Å². The SMILES string of the molecule is CC(C)OCCCN1CCC(CO)(C(=O)O)CC1. The summed E-state index contributed by atoms with van der Waals surface area (Å²) in [5, 5.41) is 18.4. The van der Waals surface area contributed by atoms with Gasteiger partial charge in [-0.15, -0.1) is 0 Å². The summed E-state index contributed by atoms with van der Waals surface area (Å²) in [7, 11) is 0. The highest BCUT2D eigenvalue weighted by molar-refractivity contribution is 5.75. The summed E-state index contributed by atoms with van der Waals surface area (Å²) in [6, 6.07) is 0. The number of ether oxygens (including phenoxy) is 1. The van der Waals surface area contributed by atoms with E-state index in [1.807, 2.05) is 13.8 Å². The third-order valence-electron chi connectivity index (χ3n) is 3.64. The molecule has 106 valence electrons. The summed E-state index contributed by atoms with van der Waals surface area (Å²) in [4.78, 5) is 13.4. The number of carbonyl (C=O) groups is 1. The lowest BCUT2D eigenvalue weighted by Gasteiger charge is -2.37. The fraction of sp³-hybridized carbons (Fsp3) is 0.923. The molecule has 1 saturated heterocycles. The molecule has 0 saturated carbocycles. The molecule has 0 spiro atoms. The lowest BCUT2D eigenvalue weighted by atomic mass is 9.79. The minimum atomic E-state index is -0.912. The summed E-state index contributed by atoms with van der Waals surface area (Å²) < 4.78 is 5.47. The molecule has 0 amide bonds. The second-order valence-corrected chi connectivity index (χ2v) is 5.36. The van der Waals surface area contributed by atoms with Crippen molar-refractivity contribution in [1.82, 2.24) is 4.90 Å². The number of hydrogen-bond donors (Lipinski definition) is 2. The maximum Gasteiger partial charge on any atom is 0.312 e. The number of rotatable bonds is 7. The highest BCUT2D eigenvalue weighted by Crippen LogP contribution is 2.31. The van der Waals surface area contributed by atoms with Crippen LogP contribution in [0.2, 0.25) is 0 Å². The lowest BCUT2D eigenvalue weighted by molar-refractivity contribution is -0.155. The molecule has 5 nitrogen and oxygen atoms in total. The Morgan fingerprint density at radius 2 is 2.00 bits per heavy atom. The van der Waals surface area contributed by atoms with Crippen LogP contribution in [0.4, 0.5) is 0 Å². The van der Waals surface area contributed by atoms with Gasteiger partial charge in [-0.2, -0.15) is 0 Å². The molecule has 1 aliphatic heterocycles. The molecule has 0 aromatic rings. The van der Waals surface area contributed by atoms with Crippen LogP contribution in [-0.2, 0) is 9.53 Å². The van der Waals surface area contributed by atoms with E-state index >= 15 is 0 Å². The van der Waals surface area contributed by atoms with Crippen LogP contribution in [-0.4, -0.2) is 60.0 Å². The molecule has 2 N–H and O–H groups in total. The molecule has 1 fully saturated rings. The van der Waals surface area contributed by atoms with E-state index in [0.29, 0.717) is 12.8 Å². The summed E-state index contributed by atoms with van der Waals surface area (Å²) in [5.41, 5.74) is -0.912. The largest absolute Gasteiger partial charge is 0.481 e. The third-order valence-corrected chi connectivity index (χ3v) is 3.64. The predicted molar refractivity (Wildman–Crippen MR) is 68.5 cm³/mol. The summed E-state index contributed by atoms with van der Waals surface area (Å²) in [5.74, 6) is -0.868. The highest BCUT2D eigenvalue weighted by Gasteiger charge is 2.40. The number of aliphatic hydroxyl groups excluding tert-OH is 1. The van der Waals surface area contributed by atoms with E-state index in [0.717, 1.165) is 32.7 Å². The van der Waals surface area contributed by atoms with Crippen molar-refractivity contribution in [3.8, 4) is 0 Å². The lowest BCUT2D eigenvalue weighted by Crippen LogP contribution is -2.46. The van der Waals surface area contributed by atoms with Gasteiger partial charge in [0, 0.05) is 13.2 Å². The number of likely N-dealkylation sites (tertiary alicyclic amines) is 1. The Morgan fingerprint density at radius 3 is 2.44 bits per heavy atom. The average molecular weight is 259 g/mol. The Balaban J connectivity index is 2.25. The van der Waals surface area contributed by atoms with Gasteiger partial charge in [0.15, 0.2) is 0 Å². The molecule has 0 atom stereocenters. The van der Waals surface area contributed by atoms with Gasteiger partial charge in [-0.3, -0.25) is 4.79 Å². The van der Waals surface area contributed by atoms with E-state index < -0.39 is 11.4 Å². The normalized spacial score (nSPS) is 20.2. The topological polar surface area (TPSA) is 70.0 Å². The Kier molecular flexibility index (Phi) is 6.05. The maximum atomic E-state index is 11.2. The van der Waals surface area contributed by atoms with Gasteiger partial charge < -0.3 is 19.8 Å². The summed E-state index contributed by atoms with van der Waals surface area (Å²) in [6.45, 7) is 6.95. The molecule has 0 unspecified atom stereocenters. The second kappa shape index (κ2) is 7.07. The van der Waals surface area contributed by atoms with Gasteiger partial charge in [-0.1, -0.05) is 0 Å². The van der Waals surface area contributed by atoms with Crippen LogP contribution >= 0.6 is 0 Å². The van der Waals surface area contributed by atoms with E-state index in [1.54, 1.807) is 0 Å². The number of hydrogen-bond acceptors (Lipinski definition) is 4.